The van der Waals surface area contributed by atoms with Crippen LogP contribution in [0.4, 0.5) is 10.3 Å². The van der Waals surface area contributed by atoms with E-state index in [1.54, 1.807) is 19.2 Å². The normalized spacial score (nSPS) is 18.2. The number of hydrogen-bond donors (Lipinski definition) is 2. The number of nitrogens with one attached hydrogen (secondary N) is 1. The van der Waals surface area contributed by atoms with Gasteiger partial charge in [-0.3, -0.25) is 14.2 Å². The highest BCUT2D eigenvalue weighted by molar-refractivity contribution is 5.95. The highest BCUT2D eigenvalue weighted by atomic mass is 19.1. The molecule has 1 aromatic carbocycles. The molecule has 3 heterocycles. The number of hydrogen-bond acceptors (Lipinski definition) is 6. The van der Waals surface area contributed by atoms with Crippen molar-refractivity contribution >= 4 is 11.9 Å². The van der Waals surface area contributed by atoms with E-state index in [4.69, 9.17) is 4.74 Å². The summed E-state index contributed by atoms with van der Waals surface area (Å²) in [6.45, 7) is 3.14. The maximum Gasteiger partial charge on any atom is 0.297 e. The zero-order valence-electron chi connectivity index (χ0n) is 17.6. The summed E-state index contributed by atoms with van der Waals surface area (Å²) in [4.78, 5) is 31.6. The second kappa shape index (κ2) is 8.66. The van der Waals surface area contributed by atoms with E-state index in [0.717, 1.165) is 52.0 Å². The van der Waals surface area contributed by atoms with Gasteiger partial charge in [0.2, 0.25) is 11.7 Å². The van der Waals surface area contributed by atoms with Crippen LogP contribution in [0.1, 0.15) is 41.7 Å². The van der Waals surface area contributed by atoms with Crippen LogP contribution < -0.4 is 15.8 Å². The van der Waals surface area contributed by atoms with E-state index in [1.165, 1.54) is 16.7 Å². The Labute approximate surface area is 179 Å². The Morgan fingerprint density at radius 2 is 1.84 bits per heavy atom. The van der Waals surface area contributed by atoms with Crippen molar-refractivity contribution in [2.45, 2.75) is 32.2 Å². The molecule has 8 nitrogen and oxygen atoms in total. The third kappa shape index (κ3) is 4.41. The average molecular weight is 430 g/mol. The topological polar surface area (TPSA) is 96.7 Å². The summed E-state index contributed by atoms with van der Waals surface area (Å²) in [6.07, 6.45) is 4.03. The second-order valence-corrected chi connectivity index (χ2v) is 8.38. The van der Waals surface area contributed by atoms with Crippen molar-refractivity contribution < 1.29 is 19.0 Å². The number of aromatic nitrogens is 2. The minimum Gasteiger partial charge on any atom is -0.501 e. The number of nitrogens with zero attached hydrogens (tertiary/aromatic N) is 3. The number of anilines is 1. The van der Waals surface area contributed by atoms with Crippen LogP contribution in [0.25, 0.3) is 0 Å². The van der Waals surface area contributed by atoms with Crippen molar-refractivity contribution in [1.29, 1.82) is 0 Å². The molecule has 2 N–H and O–H groups in total. The highest BCUT2D eigenvalue weighted by Crippen LogP contribution is 2.41. The first kappa shape index (κ1) is 21.3. The molecular formula is C22H27FN4O4. The lowest BCUT2D eigenvalue weighted by Crippen LogP contribution is -2.45. The Hall–Kier alpha value is -2.94. The Kier molecular flexibility index (Phi) is 5.95. The maximum absolute atomic E-state index is 13.0. The number of benzene rings is 1. The third-order valence-corrected chi connectivity index (χ3v) is 6.49. The van der Waals surface area contributed by atoms with E-state index >= 15 is 0 Å². The second-order valence-electron chi connectivity index (χ2n) is 8.38. The molecule has 0 aliphatic carbocycles. The predicted octanol–water partition coefficient (Wildman–Crippen LogP) is 1.95. The summed E-state index contributed by atoms with van der Waals surface area (Å²) in [5.74, 6) is -1.33. The lowest BCUT2D eigenvalue weighted by atomic mass is 9.72. The molecule has 1 aromatic heterocycles. The van der Waals surface area contributed by atoms with Gasteiger partial charge in [-0.05, 0) is 48.8 Å². The van der Waals surface area contributed by atoms with Crippen LogP contribution >= 0.6 is 0 Å². The first-order valence-corrected chi connectivity index (χ1v) is 10.5. The Balaban J connectivity index is 1.51. The molecule has 0 radical (unpaired) electrons. The van der Waals surface area contributed by atoms with Crippen LogP contribution in [0.3, 0.4) is 0 Å². The Bertz CT molecular complexity index is 1010. The zero-order valence-corrected chi connectivity index (χ0v) is 17.6. The molecule has 0 unspecified atom stereocenters. The van der Waals surface area contributed by atoms with Crippen LogP contribution in [0.5, 0.6) is 5.75 Å². The third-order valence-electron chi connectivity index (χ3n) is 6.49. The number of amides is 1. The number of carbonyl (C=O) groups excluding carboxylic acids is 1. The molecule has 2 aromatic rings. The molecule has 166 valence electrons. The van der Waals surface area contributed by atoms with E-state index < -0.39 is 17.2 Å². The Morgan fingerprint density at radius 3 is 2.48 bits per heavy atom. The molecule has 2 saturated heterocycles. The fourth-order valence-corrected chi connectivity index (χ4v) is 4.37. The Morgan fingerprint density at radius 1 is 1.19 bits per heavy atom. The molecule has 2 aliphatic rings. The predicted molar refractivity (Wildman–Crippen MR) is 113 cm³/mol. The van der Waals surface area contributed by atoms with Gasteiger partial charge in [0.05, 0.1) is 0 Å². The van der Waals surface area contributed by atoms with E-state index in [2.05, 4.69) is 10.3 Å². The van der Waals surface area contributed by atoms with Gasteiger partial charge in [0.25, 0.3) is 11.5 Å². The van der Waals surface area contributed by atoms with Crippen LogP contribution in [-0.4, -0.2) is 46.9 Å². The SMILES string of the molecule is Cn1c(N2CCC3(CCOCC3)CC2)nc(C(=O)NCc2ccc(F)cc2)c(O)c1=O. The molecule has 2 aliphatic heterocycles. The molecule has 2 fully saturated rings. The zero-order chi connectivity index (χ0) is 22.0. The standard InChI is InChI=1S/C22H27FN4O4/c1-26-20(30)18(28)17(19(29)24-14-15-2-4-16(23)5-3-15)25-21(26)27-10-6-22(7-11-27)8-12-31-13-9-22/h2-5,28H,6-14H2,1H3,(H,24,29). The molecule has 4 rings (SSSR count). The van der Waals surface area contributed by atoms with Gasteiger partial charge in [0.1, 0.15) is 5.82 Å². The van der Waals surface area contributed by atoms with Crippen molar-refractivity contribution in [3.05, 3.63) is 51.7 Å². The van der Waals surface area contributed by atoms with Gasteiger partial charge >= 0.3 is 0 Å². The van der Waals surface area contributed by atoms with Gasteiger partial charge in [-0.1, -0.05) is 12.1 Å². The number of piperidine rings is 1. The van der Waals surface area contributed by atoms with E-state index in [0.29, 0.717) is 11.5 Å². The van der Waals surface area contributed by atoms with Crippen LogP contribution in [0.15, 0.2) is 29.1 Å². The molecular weight excluding hydrogens is 403 g/mol. The average Bonchev–Trinajstić information content (AvgIpc) is 2.78. The summed E-state index contributed by atoms with van der Waals surface area (Å²) in [5, 5.41) is 12.9. The molecule has 0 saturated carbocycles. The van der Waals surface area contributed by atoms with E-state index in [-0.39, 0.29) is 23.5 Å². The summed E-state index contributed by atoms with van der Waals surface area (Å²) >= 11 is 0. The molecule has 0 bridgehead atoms. The highest BCUT2D eigenvalue weighted by Gasteiger charge is 2.37. The number of ether oxygens (including phenoxy) is 1. The number of aromatic hydroxyl groups is 1. The first-order valence-electron chi connectivity index (χ1n) is 10.5. The van der Waals surface area contributed by atoms with Crippen molar-refractivity contribution in [2.24, 2.45) is 12.5 Å². The number of rotatable bonds is 4. The maximum atomic E-state index is 13.0. The minimum absolute atomic E-state index is 0.124. The summed E-state index contributed by atoms with van der Waals surface area (Å²) in [5.41, 5.74) is 0.00540. The largest absolute Gasteiger partial charge is 0.501 e. The van der Waals surface area contributed by atoms with Gasteiger partial charge in [0, 0.05) is 39.9 Å². The molecule has 0 atom stereocenters. The number of carbonyl (C=O) groups is 1. The summed E-state index contributed by atoms with van der Waals surface area (Å²) in [7, 11) is 1.55. The van der Waals surface area contributed by atoms with Crippen LogP contribution in [0, 0.1) is 11.2 Å². The summed E-state index contributed by atoms with van der Waals surface area (Å²) < 4.78 is 19.8. The monoisotopic (exact) mass is 430 g/mol. The fourth-order valence-electron chi connectivity index (χ4n) is 4.37. The van der Waals surface area contributed by atoms with Gasteiger partial charge in [-0.15, -0.1) is 0 Å². The number of halogens is 1. The van der Waals surface area contributed by atoms with Crippen molar-refractivity contribution in [2.75, 3.05) is 31.2 Å². The minimum atomic E-state index is -0.680. The first-order chi connectivity index (χ1) is 14.9. The van der Waals surface area contributed by atoms with E-state index in [1.807, 2.05) is 4.90 Å². The van der Waals surface area contributed by atoms with Crippen molar-refractivity contribution in [3.8, 4) is 5.75 Å². The molecule has 31 heavy (non-hydrogen) atoms. The summed E-state index contributed by atoms with van der Waals surface area (Å²) in [6, 6.07) is 5.71. The molecule has 1 spiro atoms. The van der Waals surface area contributed by atoms with Gasteiger partial charge < -0.3 is 20.1 Å². The smallest absolute Gasteiger partial charge is 0.297 e. The quantitative estimate of drug-likeness (QED) is 0.770. The molecule has 9 heteroatoms. The van der Waals surface area contributed by atoms with Crippen molar-refractivity contribution in [3.63, 3.8) is 0 Å². The molecule has 1 amide bonds. The fraction of sp³-hybridized carbons (Fsp3) is 0.500. The van der Waals surface area contributed by atoms with Gasteiger partial charge in [0.15, 0.2) is 5.69 Å². The van der Waals surface area contributed by atoms with Gasteiger partial charge in [-0.25, -0.2) is 9.37 Å². The van der Waals surface area contributed by atoms with E-state index in [9.17, 15) is 19.1 Å². The lowest BCUT2D eigenvalue weighted by molar-refractivity contribution is 0.00192. The van der Waals surface area contributed by atoms with Crippen molar-refractivity contribution in [1.82, 2.24) is 14.9 Å². The van der Waals surface area contributed by atoms with Gasteiger partial charge in [-0.2, -0.15) is 0 Å². The van der Waals surface area contributed by atoms with Crippen LogP contribution in [-0.2, 0) is 18.3 Å². The van der Waals surface area contributed by atoms with Crippen LogP contribution in [0.2, 0.25) is 0 Å². The lowest BCUT2D eigenvalue weighted by Gasteiger charge is -2.44.